The molecule has 1 rings (SSSR count). The van der Waals surface area contributed by atoms with Crippen molar-refractivity contribution < 1.29 is 19.2 Å². The molecule has 0 saturated carbocycles. The zero-order chi connectivity index (χ0) is 12.1. The fraction of sp³-hybridized carbons (Fsp3) is 0.250. The van der Waals surface area contributed by atoms with Crippen molar-refractivity contribution in [3.05, 3.63) is 27.1 Å². The Morgan fingerprint density at radius 3 is 2.75 bits per heavy atom. The van der Waals surface area contributed by atoms with E-state index in [4.69, 9.17) is 0 Å². The monoisotopic (exact) mass is 244 g/mol. The van der Waals surface area contributed by atoms with Gasteiger partial charge in [-0.05, 0) is 6.07 Å². The van der Waals surface area contributed by atoms with E-state index in [1.165, 1.54) is 19.2 Å². The maximum Gasteiger partial charge on any atom is 0.349 e. The molecule has 16 heavy (non-hydrogen) atoms. The summed E-state index contributed by atoms with van der Waals surface area (Å²) in [6.45, 7) is -0.402. The standard InChI is InChI=1S/C8H8N2O5S/c1-9-6(11)4-15-8(12)5-2-3-7(16-5)10(13)14/h2-3H,4H2,1H3,(H,9,11). The molecule has 0 spiro atoms. The number of carbonyl (C=O) groups excluding carboxylic acids is 2. The zero-order valence-electron chi connectivity index (χ0n) is 8.26. The molecule has 1 aromatic heterocycles. The van der Waals surface area contributed by atoms with Crippen LogP contribution in [0.5, 0.6) is 0 Å². The first kappa shape index (κ1) is 12.1. The summed E-state index contributed by atoms with van der Waals surface area (Å²) in [6.07, 6.45) is 0. The van der Waals surface area contributed by atoms with Crippen molar-refractivity contribution in [3.8, 4) is 0 Å². The van der Waals surface area contributed by atoms with E-state index in [1.54, 1.807) is 0 Å². The fourth-order valence-corrected chi connectivity index (χ4v) is 1.52. The SMILES string of the molecule is CNC(=O)COC(=O)c1ccc([N+](=O)[O-])s1. The van der Waals surface area contributed by atoms with Crippen molar-refractivity contribution in [1.82, 2.24) is 5.32 Å². The van der Waals surface area contributed by atoms with E-state index in [0.29, 0.717) is 11.3 Å². The molecular weight excluding hydrogens is 236 g/mol. The molecule has 0 saturated heterocycles. The predicted octanol–water partition coefficient (Wildman–Crippen LogP) is 0.559. The van der Waals surface area contributed by atoms with Crippen LogP contribution in [0.1, 0.15) is 9.67 Å². The van der Waals surface area contributed by atoms with E-state index in [0.717, 1.165) is 0 Å². The van der Waals surface area contributed by atoms with Crippen LogP contribution in [0.25, 0.3) is 0 Å². The number of hydrogen-bond acceptors (Lipinski definition) is 6. The number of amides is 1. The Labute approximate surface area is 94.2 Å². The summed E-state index contributed by atoms with van der Waals surface area (Å²) < 4.78 is 4.61. The van der Waals surface area contributed by atoms with Crippen LogP contribution >= 0.6 is 11.3 Å². The summed E-state index contributed by atoms with van der Waals surface area (Å²) in [5, 5.41) is 12.5. The van der Waals surface area contributed by atoms with E-state index < -0.39 is 23.4 Å². The summed E-state index contributed by atoms with van der Waals surface area (Å²) in [6, 6.07) is 2.50. The molecule has 0 bridgehead atoms. The zero-order valence-corrected chi connectivity index (χ0v) is 9.08. The number of thiophene rings is 1. The molecule has 1 heterocycles. The molecule has 1 N–H and O–H groups in total. The highest BCUT2D eigenvalue weighted by Crippen LogP contribution is 2.24. The number of nitrogens with zero attached hydrogens (tertiary/aromatic N) is 1. The number of nitro groups is 1. The van der Waals surface area contributed by atoms with Crippen LogP contribution in [0, 0.1) is 10.1 Å². The van der Waals surface area contributed by atoms with Gasteiger partial charge in [0, 0.05) is 13.1 Å². The molecule has 0 atom stereocenters. The van der Waals surface area contributed by atoms with Gasteiger partial charge in [-0.2, -0.15) is 0 Å². The van der Waals surface area contributed by atoms with Crippen molar-refractivity contribution in [3.63, 3.8) is 0 Å². The van der Waals surface area contributed by atoms with Crippen LogP contribution in [0.3, 0.4) is 0 Å². The Balaban J connectivity index is 2.59. The Kier molecular flexibility index (Phi) is 3.95. The summed E-state index contributed by atoms with van der Waals surface area (Å²) in [7, 11) is 1.41. The highest BCUT2D eigenvalue weighted by molar-refractivity contribution is 7.17. The molecule has 0 aliphatic rings. The minimum atomic E-state index is -0.748. The van der Waals surface area contributed by atoms with E-state index in [-0.39, 0.29) is 9.88 Å². The number of rotatable bonds is 4. The van der Waals surface area contributed by atoms with Crippen LogP contribution < -0.4 is 5.32 Å². The largest absolute Gasteiger partial charge is 0.451 e. The quantitative estimate of drug-likeness (QED) is 0.474. The molecular formula is C8H8N2O5S. The first-order valence-electron chi connectivity index (χ1n) is 4.16. The maximum atomic E-state index is 11.3. The van der Waals surface area contributed by atoms with Gasteiger partial charge < -0.3 is 10.1 Å². The first-order chi connectivity index (χ1) is 7.54. The molecule has 8 heteroatoms. The van der Waals surface area contributed by atoms with Crippen molar-refractivity contribution >= 4 is 28.2 Å². The average Bonchev–Trinajstić information content (AvgIpc) is 2.74. The normalized spacial score (nSPS) is 9.56. The van der Waals surface area contributed by atoms with E-state index in [1.807, 2.05) is 0 Å². The number of carbonyl (C=O) groups is 2. The summed E-state index contributed by atoms with van der Waals surface area (Å²) in [4.78, 5) is 31.9. The van der Waals surface area contributed by atoms with Gasteiger partial charge in [0.15, 0.2) is 6.61 Å². The molecule has 0 aliphatic carbocycles. The van der Waals surface area contributed by atoms with Crippen molar-refractivity contribution in [2.75, 3.05) is 13.7 Å². The molecule has 0 aliphatic heterocycles. The lowest BCUT2D eigenvalue weighted by atomic mass is 10.5. The van der Waals surface area contributed by atoms with Crippen LogP contribution in [-0.2, 0) is 9.53 Å². The van der Waals surface area contributed by atoms with Crippen LogP contribution in [0.15, 0.2) is 12.1 Å². The summed E-state index contributed by atoms with van der Waals surface area (Å²) in [5.74, 6) is -1.19. The number of likely N-dealkylation sites (N-methyl/N-ethyl adjacent to an activating group) is 1. The summed E-state index contributed by atoms with van der Waals surface area (Å²) >= 11 is 0.703. The van der Waals surface area contributed by atoms with E-state index in [2.05, 4.69) is 10.1 Å². The third kappa shape index (κ3) is 3.02. The molecule has 7 nitrogen and oxygen atoms in total. The average molecular weight is 244 g/mol. The number of ether oxygens (including phenoxy) is 1. The minimum absolute atomic E-state index is 0.0932. The van der Waals surface area contributed by atoms with Crippen LogP contribution in [-0.4, -0.2) is 30.5 Å². The Bertz CT molecular complexity index is 428. The minimum Gasteiger partial charge on any atom is -0.451 e. The molecule has 86 valence electrons. The highest BCUT2D eigenvalue weighted by atomic mass is 32.1. The van der Waals surface area contributed by atoms with Gasteiger partial charge in [0.1, 0.15) is 4.88 Å². The lowest BCUT2D eigenvalue weighted by Crippen LogP contribution is -2.24. The van der Waals surface area contributed by atoms with Crippen LogP contribution in [0.4, 0.5) is 5.00 Å². The van der Waals surface area contributed by atoms with Gasteiger partial charge in [-0.15, -0.1) is 0 Å². The molecule has 0 fully saturated rings. The highest BCUT2D eigenvalue weighted by Gasteiger charge is 2.16. The van der Waals surface area contributed by atoms with Gasteiger partial charge in [-0.1, -0.05) is 11.3 Å². The molecule has 1 amide bonds. The smallest absolute Gasteiger partial charge is 0.349 e. The second-order valence-electron chi connectivity index (χ2n) is 2.64. The Morgan fingerprint density at radius 1 is 1.56 bits per heavy atom. The molecule has 1 aromatic rings. The van der Waals surface area contributed by atoms with Gasteiger partial charge in [0.25, 0.3) is 5.91 Å². The lowest BCUT2D eigenvalue weighted by molar-refractivity contribution is -0.380. The van der Waals surface area contributed by atoms with Gasteiger partial charge in [0.2, 0.25) is 0 Å². The second-order valence-corrected chi connectivity index (χ2v) is 3.71. The lowest BCUT2D eigenvalue weighted by Gasteiger charge is -2.00. The Morgan fingerprint density at radius 2 is 2.25 bits per heavy atom. The second kappa shape index (κ2) is 5.21. The van der Waals surface area contributed by atoms with Gasteiger partial charge >= 0.3 is 11.0 Å². The third-order valence-electron chi connectivity index (χ3n) is 1.59. The van der Waals surface area contributed by atoms with Gasteiger partial charge in [-0.3, -0.25) is 14.9 Å². The van der Waals surface area contributed by atoms with E-state index in [9.17, 15) is 19.7 Å². The van der Waals surface area contributed by atoms with Crippen LogP contribution in [0.2, 0.25) is 0 Å². The molecule has 0 unspecified atom stereocenters. The van der Waals surface area contributed by atoms with Crippen molar-refractivity contribution in [1.29, 1.82) is 0 Å². The van der Waals surface area contributed by atoms with Gasteiger partial charge in [-0.25, -0.2) is 4.79 Å². The Hall–Kier alpha value is -1.96. The topological polar surface area (TPSA) is 98.5 Å². The van der Waals surface area contributed by atoms with Crippen molar-refractivity contribution in [2.45, 2.75) is 0 Å². The number of hydrogen-bond donors (Lipinski definition) is 1. The van der Waals surface area contributed by atoms with Gasteiger partial charge in [0.05, 0.1) is 4.92 Å². The fourth-order valence-electron chi connectivity index (χ4n) is 0.810. The van der Waals surface area contributed by atoms with Crippen molar-refractivity contribution in [2.24, 2.45) is 0 Å². The first-order valence-corrected chi connectivity index (χ1v) is 4.98. The molecule has 0 radical (unpaired) electrons. The third-order valence-corrected chi connectivity index (χ3v) is 2.60. The maximum absolute atomic E-state index is 11.3. The van der Waals surface area contributed by atoms with E-state index >= 15 is 0 Å². The predicted molar refractivity (Wildman–Crippen MR) is 55.3 cm³/mol. The summed E-state index contributed by atoms with van der Waals surface area (Å²) in [5.41, 5.74) is 0. The molecule has 0 aromatic carbocycles. The number of esters is 1. The number of nitrogens with one attached hydrogen (secondary N) is 1.